The number of rotatable bonds is 5. The van der Waals surface area contributed by atoms with Gasteiger partial charge in [0.2, 0.25) is 5.91 Å². The molecule has 1 aromatic heterocycles. The molecule has 1 unspecified atom stereocenters. The fourth-order valence-corrected chi connectivity index (χ4v) is 3.82. The number of carbonyl (C=O) groups excluding carboxylic acids is 3. The summed E-state index contributed by atoms with van der Waals surface area (Å²) >= 11 is 0. The molecule has 2 heterocycles. The molecule has 29 heavy (non-hydrogen) atoms. The van der Waals surface area contributed by atoms with Gasteiger partial charge >= 0.3 is 0 Å². The number of carbonyl (C=O) groups is 3. The lowest BCUT2D eigenvalue weighted by Crippen LogP contribution is -2.47. The van der Waals surface area contributed by atoms with E-state index in [1.54, 1.807) is 6.20 Å². The van der Waals surface area contributed by atoms with E-state index < -0.39 is 11.7 Å². The number of hydrogen-bond donors (Lipinski definition) is 2. The molecule has 6 heteroatoms. The van der Waals surface area contributed by atoms with Gasteiger partial charge in [-0.2, -0.15) is 0 Å². The Balaban J connectivity index is 1.40. The van der Waals surface area contributed by atoms with Crippen LogP contribution in [-0.4, -0.2) is 40.6 Å². The topological polar surface area (TPSA) is 82.3 Å². The van der Waals surface area contributed by atoms with Crippen LogP contribution >= 0.6 is 0 Å². The van der Waals surface area contributed by atoms with E-state index in [4.69, 9.17) is 0 Å². The third-order valence-corrected chi connectivity index (χ3v) is 5.42. The first-order valence-corrected chi connectivity index (χ1v) is 9.85. The lowest BCUT2D eigenvalue weighted by Gasteiger charge is -2.31. The highest BCUT2D eigenvalue weighted by atomic mass is 16.2. The average Bonchev–Trinajstić information content (AvgIpc) is 3.21. The first kappa shape index (κ1) is 18.9. The summed E-state index contributed by atoms with van der Waals surface area (Å²) in [6.07, 6.45) is 3.00. The Hall–Kier alpha value is -3.41. The number of H-pyrrole nitrogens is 1. The minimum Gasteiger partial charge on any atom is -0.360 e. The van der Waals surface area contributed by atoms with Crippen molar-refractivity contribution in [2.75, 3.05) is 13.1 Å². The molecule has 0 aliphatic carbocycles. The van der Waals surface area contributed by atoms with Crippen molar-refractivity contribution in [3.63, 3.8) is 0 Å². The lowest BCUT2D eigenvalue weighted by molar-refractivity contribution is -0.132. The third kappa shape index (κ3) is 4.06. The summed E-state index contributed by atoms with van der Waals surface area (Å²) in [4.78, 5) is 42.7. The molecule has 0 saturated carbocycles. The van der Waals surface area contributed by atoms with Crippen LogP contribution in [0, 0.1) is 5.92 Å². The number of aromatic nitrogens is 1. The summed E-state index contributed by atoms with van der Waals surface area (Å²) in [6, 6.07) is 17.1. The number of nitrogens with zero attached hydrogens (tertiary/aromatic N) is 1. The molecule has 1 saturated heterocycles. The highest BCUT2D eigenvalue weighted by Crippen LogP contribution is 2.21. The maximum absolute atomic E-state index is 12.8. The summed E-state index contributed by atoms with van der Waals surface area (Å²) in [5.41, 5.74) is 2.22. The zero-order valence-electron chi connectivity index (χ0n) is 16.1. The van der Waals surface area contributed by atoms with Gasteiger partial charge in [0, 0.05) is 36.7 Å². The van der Waals surface area contributed by atoms with Crippen LogP contribution in [0.4, 0.5) is 0 Å². The van der Waals surface area contributed by atoms with Crippen LogP contribution < -0.4 is 5.32 Å². The third-order valence-electron chi connectivity index (χ3n) is 5.42. The maximum Gasteiger partial charge on any atom is 0.295 e. The van der Waals surface area contributed by atoms with E-state index in [2.05, 4.69) is 10.3 Å². The molecular weight excluding hydrogens is 366 g/mol. The zero-order valence-corrected chi connectivity index (χ0v) is 16.1. The van der Waals surface area contributed by atoms with Crippen LogP contribution in [0.3, 0.4) is 0 Å². The first-order valence-electron chi connectivity index (χ1n) is 9.85. The molecule has 0 radical (unpaired) electrons. The molecule has 6 nitrogen and oxygen atoms in total. The van der Waals surface area contributed by atoms with Gasteiger partial charge in [-0.1, -0.05) is 48.5 Å². The Morgan fingerprint density at radius 2 is 1.79 bits per heavy atom. The molecule has 0 bridgehead atoms. The normalized spacial score (nSPS) is 16.6. The molecule has 1 aliphatic heterocycles. The number of aromatic amines is 1. The van der Waals surface area contributed by atoms with Gasteiger partial charge in [-0.3, -0.25) is 14.4 Å². The second-order valence-corrected chi connectivity index (χ2v) is 7.37. The van der Waals surface area contributed by atoms with Crippen molar-refractivity contribution >= 4 is 28.5 Å². The highest BCUT2D eigenvalue weighted by Gasteiger charge is 2.32. The van der Waals surface area contributed by atoms with Gasteiger partial charge in [-0.25, -0.2) is 0 Å². The molecule has 1 aliphatic rings. The number of hydrogen-bond acceptors (Lipinski definition) is 3. The lowest BCUT2D eigenvalue weighted by atomic mass is 9.96. The van der Waals surface area contributed by atoms with E-state index in [9.17, 15) is 14.4 Å². The largest absolute Gasteiger partial charge is 0.360 e. The van der Waals surface area contributed by atoms with Gasteiger partial charge in [-0.05, 0) is 24.5 Å². The van der Waals surface area contributed by atoms with Gasteiger partial charge in [0.1, 0.15) is 0 Å². The van der Waals surface area contributed by atoms with Crippen LogP contribution in [0.5, 0.6) is 0 Å². The second kappa shape index (κ2) is 8.31. The van der Waals surface area contributed by atoms with Crippen LogP contribution in [-0.2, 0) is 16.1 Å². The van der Waals surface area contributed by atoms with Crippen molar-refractivity contribution in [3.05, 3.63) is 71.9 Å². The molecule has 0 spiro atoms. The Morgan fingerprint density at radius 1 is 1.03 bits per heavy atom. The van der Waals surface area contributed by atoms with Crippen LogP contribution in [0.1, 0.15) is 28.8 Å². The average molecular weight is 389 g/mol. The number of fused-ring (bicyclic) bond motifs is 1. The molecule has 2 N–H and O–H groups in total. The van der Waals surface area contributed by atoms with E-state index in [0.29, 0.717) is 31.5 Å². The van der Waals surface area contributed by atoms with Crippen LogP contribution in [0.2, 0.25) is 0 Å². The summed E-state index contributed by atoms with van der Waals surface area (Å²) in [7, 11) is 0. The van der Waals surface area contributed by atoms with Crippen molar-refractivity contribution in [1.29, 1.82) is 0 Å². The van der Waals surface area contributed by atoms with Crippen molar-refractivity contribution in [2.24, 2.45) is 5.92 Å². The number of likely N-dealkylation sites (tertiary alicyclic amines) is 1. The van der Waals surface area contributed by atoms with Crippen molar-refractivity contribution in [3.8, 4) is 0 Å². The Kier molecular flexibility index (Phi) is 5.42. The quantitative estimate of drug-likeness (QED) is 0.520. The summed E-state index contributed by atoms with van der Waals surface area (Å²) in [5.74, 6) is -1.46. The van der Waals surface area contributed by atoms with E-state index in [-0.39, 0.29) is 18.4 Å². The number of para-hydroxylation sites is 1. The van der Waals surface area contributed by atoms with E-state index in [1.165, 1.54) is 4.90 Å². The molecule has 1 atom stereocenters. The number of amides is 2. The van der Waals surface area contributed by atoms with Gasteiger partial charge in [0.15, 0.2) is 0 Å². The van der Waals surface area contributed by atoms with Crippen molar-refractivity contribution < 1.29 is 14.4 Å². The maximum atomic E-state index is 12.8. The van der Waals surface area contributed by atoms with Gasteiger partial charge < -0.3 is 15.2 Å². The van der Waals surface area contributed by atoms with E-state index in [0.717, 1.165) is 16.5 Å². The minimum absolute atomic E-state index is 0.0779. The molecule has 1 fully saturated rings. The standard InChI is InChI=1S/C23H23N3O3/c27-21(19-14-24-20-11-5-4-10-18(19)20)23(29)26-12-6-9-17(15-26)22(28)25-13-16-7-2-1-3-8-16/h1-5,7-8,10-11,14,17,24H,6,9,12-13,15H2,(H,25,28). The predicted molar refractivity (Wildman–Crippen MR) is 110 cm³/mol. The van der Waals surface area contributed by atoms with Crippen molar-refractivity contribution in [2.45, 2.75) is 19.4 Å². The number of nitrogens with one attached hydrogen (secondary N) is 2. The molecule has 4 rings (SSSR count). The predicted octanol–water partition coefficient (Wildman–Crippen LogP) is 2.91. The summed E-state index contributed by atoms with van der Waals surface area (Å²) in [6.45, 7) is 1.22. The Bertz CT molecular complexity index is 1040. The smallest absolute Gasteiger partial charge is 0.295 e. The fraction of sp³-hybridized carbons (Fsp3) is 0.261. The monoisotopic (exact) mass is 389 g/mol. The van der Waals surface area contributed by atoms with Crippen LogP contribution in [0.25, 0.3) is 10.9 Å². The molecular formula is C23H23N3O3. The second-order valence-electron chi connectivity index (χ2n) is 7.37. The van der Waals surface area contributed by atoms with Crippen LogP contribution in [0.15, 0.2) is 60.8 Å². The fourth-order valence-electron chi connectivity index (χ4n) is 3.82. The zero-order chi connectivity index (χ0) is 20.2. The molecule has 148 valence electrons. The summed E-state index contributed by atoms with van der Waals surface area (Å²) < 4.78 is 0. The Morgan fingerprint density at radius 3 is 2.62 bits per heavy atom. The van der Waals surface area contributed by atoms with Gasteiger partial charge in [0.05, 0.1) is 11.5 Å². The Labute approximate surface area is 168 Å². The highest BCUT2D eigenvalue weighted by molar-refractivity contribution is 6.44. The molecule has 3 aromatic rings. The number of piperidine rings is 1. The SMILES string of the molecule is O=C(C(=O)N1CCCC(C(=O)NCc2ccccc2)C1)c1c[nH]c2ccccc12. The summed E-state index contributed by atoms with van der Waals surface area (Å²) in [5, 5.41) is 3.68. The first-order chi connectivity index (χ1) is 14.1. The number of Topliss-reactive ketones (excluding diaryl/α,β-unsaturated/α-hetero) is 1. The van der Waals surface area contributed by atoms with Gasteiger partial charge in [0.25, 0.3) is 11.7 Å². The van der Waals surface area contributed by atoms with Gasteiger partial charge in [-0.15, -0.1) is 0 Å². The minimum atomic E-state index is -0.546. The molecule has 2 amide bonds. The van der Waals surface area contributed by atoms with E-state index in [1.807, 2.05) is 54.6 Å². The number of benzene rings is 2. The molecule has 2 aromatic carbocycles. The van der Waals surface area contributed by atoms with Crippen molar-refractivity contribution in [1.82, 2.24) is 15.2 Å². The van der Waals surface area contributed by atoms with E-state index >= 15 is 0 Å². The number of ketones is 1.